The number of tetrazole rings is 1. The first-order valence-corrected chi connectivity index (χ1v) is 11.0. The van der Waals surface area contributed by atoms with Crippen LogP contribution in [0.2, 0.25) is 0 Å². The quantitative estimate of drug-likeness (QED) is 0.425. The molecule has 1 aliphatic rings. The Morgan fingerprint density at radius 3 is 2.53 bits per heavy atom. The van der Waals surface area contributed by atoms with Crippen molar-refractivity contribution in [3.05, 3.63) is 84.6 Å². The zero-order valence-electron chi connectivity index (χ0n) is 18.4. The van der Waals surface area contributed by atoms with Crippen molar-refractivity contribution in [3.63, 3.8) is 0 Å². The maximum atomic E-state index is 14.4. The van der Waals surface area contributed by atoms with E-state index in [4.69, 9.17) is 5.73 Å². The topological polar surface area (TPSA) is 85.7 Å². The molecule has 4 aromatic rings. The largest absolute Gasteiger partial charge is 0.383 e. The van der Waals surface area contributed by atoms with E-state index < -0.39 is 11.6 Å². The number of pyridine rings is 1. The van der Waals surface area contributed by atoms with Gasteiger partial charge in [-0.3, -0.25) is 4.90 Å². The molecule has 172 valence electrons. The zero-order chi connectivity index (χ0) is 23.7. The van der Waals surface area contributed by atoms with E-state index in [2.05, 4.69) is 44.1 Å². The third-order valence-corrected chi connectivity index (χ3v) is 6.13. The maximum Gasteiger partial charge on any atom is 0.190 e. The number of rotatable bonds is 6. The highest BCUT2D eigenvalue weighted by Crippen LogP contribution is 2.32. The number of benzene rings is 2. The third-order valence-electron chi connectivity index (χ3n) is 6.13. The molecule has 0 saturated carbocycles. The predicted octanol–water partition coefficient (Wildman–Crippen LogP) is 4.57. The Morgan fingerprint density at radius 1 is 1.03 bits per heavy atom. The van der Waals surface area contributed by atoms with E-state index in [1.807, 2.05) is 18.2 Å². The van der Waals surface area contributed by atoms with Crippen LogP contribution in [0, 0.1) is 11.6 Å². The molecule has 0 bridgehead atoms. The Balaban J connectivity index is 1.50. The lowest BCUT2D eigenvalue weighted by atomic mass is 10.00. The Labute approximate surface area is 195 Å². The molecule has 1 saturated heterocycles. The van der Waals surface area contributed by atoms with Gasteiger partial charge in [0, 0.05) is 11.8 Å². The molecule has 1 aliphatic heterocycles. The average molecular weight is 460 g/mol. The first kappa shape index (κ1) is 21.8. The highest BCUT2D eigenvalue weighted by Gasteiger charge is 2.22. The molecule has 1 fully saturated rings. The monoisotopic (exact) mass is 459 g/mol. The van der Waals surface area contributed by atoms with E-state index in [1.54, 1.807) is 12.3 Å². The standard InChI is InChI=1S/C25H23F2N7/c1-2-21(33-12-3-4-13-33)17-10-8-16(9-11-17)18-14-19(24(28)29-15-18)25-30-31-32-34(25)22-7-5-6-20(26)23(22)27/h2,5-11,14-15,21H,1,3-4,12-13H2,(H2,28,29)/t21-/m1/s1. The number of nitrogens with zero attached hydrogens (tertiary/aromatic N) is 6. The van der Waals surface area contributed by atoms with E-state index in [9.17, 15) is 8.78 Å². The summed E-state index contributed by atoms with van der Waals surface area (Å²) in [5.41, 5.74) is 9.31. The van der Waals surface area contributed by atoms with E-state index in [0.29, 0.717) is 5.56 Å². The summed E-state index contributed by atoms with van der Waals surface area (Å²) in [6.07, 6.45) is 6.06. The van der Waals surface area contributed by atoms with E-state index in [-0.39, 0.29) is 23.4 Å². The number of anilines is 1. The molecule has 0 unspecified atom stereocenters. The third kappa shape index (κ3) is 3.94. The highest BCUT2D eigenvalue weighted by molar-refractivity contribution is 5.76. The van der Waals surface area contributed by atoms with Gasteiger partial charge in [0.05, 0.1) is 11.6 Å². The van der Waals surface area contributed by atoms with Gasteiger partial charge in [-0.05, 0) is 65.7 Å². The second-order valence-electron chi connectivity index (χ2n) is 8.19. The fourth-order valence-electron chi connectivity index (χ4n) is 4.37. The molecule has 2 N–H and O–H groups in total. The van der Waals surface area contributed by atoms with Gasteiger partial charge in [0.25, 0.3) is 0 Å². The minimum Gasteiger partial charge on any atom is -0.383 e. The van der Waals surface area contributed by atoms with Crippen LogP contribution >= 0.6 is 0 Å². The molecule has 5 rings (SSSR count). The zero-order valence-corrected chi connectivity index (χ0v) is 18.4. The molecule has 3 heterocycles. The van der Waals surface area contributed by atoms with Crippen LogP contribution in [0.3, 0.4) is 0 Å². The van der Waals surface area contributed by atoms with Crippen molar-refractivity contribution in [2.75, 3.05) is 18.8 Å². The van der Waals surface area contributed by atoms with Crippen molar-refractivity contribution in [2.24, 2.45) is 0 Å². The lowest BCUT2D eigenvalue weighted by molar-refractivity contribution is 0.289. The Kier molecular flexibility index (Phi) is 5.85. The normalized spacial score (nSPS) is 14.9. The van der Waals surface area contributed by atoms with Gasteiger partial charge >= 0.3 is 0 Å². The van der Waals surface area contributed by atoms with Gasteiger partial charge in [0.2, 0.25) is 0 Å². The lowest BCUT2D eigenvalue weighted by Crippen LogP contribution is -2.23. The van der Waals surface area contributed by atoms with E-state index in [0.717, 1.165) is 35.0 Å². The van der Waals surface area contributed by atoms with Crippen molar-refractivity contribution >= 4 is 5.82 Å². The summed E-state index contributed by atoms with van der Waals surface area (Å²) in [6, 6.07) is 14.0. The highest BCUT2D eigenvalue weighted by atomic mass is 19.2. The molecule has 0 amide bonds. The SMILES string of the molecule is C=C[C@H](c1ccc(-c2cnc(N)c(-c3nnnn3-c3cccc(F)c3F)c2)cc1)N1CCCC1. The number of likely N-dealkylation sites (tertiary alicyclic amines) is 1. The van der Waals surface area contributed by atoms with Crippen molar-refractivity contribution in [1.29, 1.82) is 0 Å². The summed E-state index contributed by atoms with van der Waals surface area (Å²) in [4.78, 5) is 6.73. The summed E-state index contributed by atoms with van der Waals surface area (Å²) < 4.78 is 29.3. The number of aromatic nitrogens is 5. The summed E-state index contributed by atoms with van der Waals surface area (Å²) in [6.45, 7) is 6.17. The molecular formula is C25H23F2N7. The number of halogens is 2. The number of nitrogen functional groups attached to an aromatic ring is 1. The summed E-state index contributed by atoms with van der Waals surface area (Å²) >= 11 is 0. The van der Waals surface area contributed by atoms with Gasteiger partial charge in [-0.2, -0.15) is 4.68 Å². The minimum atomic E-state index is -1.05. The van der Waals surface area contributed by atoms with E-state index >= 15 is 0 Å². The van der Waals surface area contributed by atoms with Gasteiger partial charge in [0.1, 0.15) is 11.5 Å². The van der Waals surface area contributed by atoms with Gasteiger partial charge in [-0.25, -0.2) is 13.8 Å². The molecule has 34 heavy (non-hydrogen) atoms. The fourth-order valence-corrected chi connectivity index (χ4v) is 4.37. The van der Waals surface area contributed by atoms with Crippen LogP contribution < -0.4 is 5.73 Å². The fraction of sp³-hybridized carbons (Fsp3) is 0.200. The van der Waals surface area contributed by atoms with Crippen LogP contribution in [0.15, 0.2) is 67.4 Å². The minimum absolute atomic E-state index is 0.119. The van der Waals surface area contributed by atoms with Crippen LogP contribution in [0.25, 0.3) is 28.2 Å². The van der Waals surface area contributed by atoms with Crippen molar-refractivity contribution in [2.45, 2.75) is 18.9 Å². The van der Waals surface area contributed by atoms with Crippen LogP contribution in [0.1, 0.15) is 24.4 Å². The Hall–Kier alpha value is -3.98. The lowest BCUT2D eigenvalue weighted by Gasteiger charge is -2.25. The van der Waals surface area contributed by atoms with Gasteiger partial charge in [-0.1, -0.05) is 36.4 Å². The molecular weight excluding hydrogens is 436 g/mol. The van der Waals surface area contributed by atoms with Gasteiger partial charge in [-0.15, -0.1) is 11.7 Å². The molecule has 1 atom stereocenters. The first-order valence-electron chi connectivity index (χ1n) is 11.0. The predicted molar refractivity (Wildman–Crippen MR) is 126 cm³/mol. The van der Waals surface area contributed by atoms with Crippen molar-refractivity contribution in [3.8, 4) is 28.2 Å². The molecule has 7 nitrogen and oxygen atoms in total. The Morgan fingerprint density at radius 2 is 1.79 bits per heavy atom. The molecule has 0 aliphatic carbocycles. The van der Waals surface area contributed by atoms with Gasteiger partial charge < -0.3 is 5.73 Å². The number of hydrogen-bond donors (Lipinski definition) is 1. The molecule has 9 heteroatoms. The maximum absolute atomic E-state index is 14.4. The summed E-state index contributed by atoms with van der Waals surface area (Å²) in [5.74, 6) is -1.71. The molecule has 2 aromatic carbocycles. The molecule has 0 spiro atoms. The smallest absolute Gasteiger partial charge is 0.190 e. The summed E-state index contributed by atoms with van der Waals surface area (Å²) in [5, 5.41) is 11.5. The number of hydrogen-bond acceptors (Lipinski definition) is 6. The van der Waals surface area contributed by atoms with Crippen molar-refractivity contribution < 1.29 is 8.78 Å². The average Bonchev–Trinajstić information content (AvgIpc) is 3.55. The van der Waals surface area contributed by atoms with Gasteiger partial charge in [0.15, 0.2) is 17.5 Å². The van der Waals surface area contributed by atoms with E-state index in [1.165, 1.54) is 30.5 Å². The second kappa shape index (κ2) is 9.11. The van der Waals surface area contributed by atoms with Crippen molar-refractivity contribution in [1.82, 2.24) is 30.1 Å². The van der Waals surface area contributed by atoms with Crippen LogP contribution in [0.5, 0.6) is 0 Å². The van der Waals surface area contributed by atoms with Crippen LogP contribution in [-0.2, 0) is 0 Å². The van der Waals surface area contributed by atoms with Crippen LogP contribution in [-0.4, -0.2) is 43.2 Å². The summed E-state index contributed by atoms with van der Waals surface area (Å²) in [7, 11) is 0. The molecule has 2 aromatic heterocycles. The second-order valence-corrected chi connectivity index (χ2v) is 8.19. The first-order chi connectivity index (χ1) is 16.6. The van der Waals surface area contributed by atoms with Crippen LogP contribution in [0.4, 0.5) is 14.6 Å². The number of nitrogens with two attached hydrogens (primary N) is 1. The Bertz CT molecular complexity index is 1330. The molecule has 0 radical (unpaired) electrons.